The Labute approximate surface area is 153 Å². The van der Waals surface area contributed by atoms with Crippen LogP contribution in [0.3, 0.4) is 0 Å². The molecule has 1 aromatic heterocycles. The topological polar surface area (TPSA) is 71.8 Å². The second-order valence-electron chi connectivity index (χ2n) is 6.94. The Balaban J connectivity index is 1.70. The average molecular weight is 356 g/mol. The van der Waals surface area contributed by atoms with Crippen LogP contribution in [0.5, 0.6) is 5.75 Å². The van der Waals surface area contributed by atoms with Crippen molar-refractivity contribution < 1.29 is 18.7 Å². The molecule has 0 saturated heterocycles. The van der Waals surface area contributed by atoms with Gasteiger partial charge in [-0.25, -0.2) is 0 Å². The van der Waals surface area contributed by atoms with Crippen LogP contribution in [0, 0.1) is 12.8 Å². The number of carbonyl (C=O) groups is 2. The number of benzene rings is 1. The summed E-state index contributed by atoms with van der Waals surface area (Å²) in [7, 11) is 0. The predicted molar refractivity (Wildman–Crippen MR) is 98.4 cm³/mol. The van der Waals surface area contributed by atoms with Gasteiger partial charge in [0.1, 0.15) is 11.5 Å². The van der Waals surface area contributed by atoms with Gasteiger partial charge in [-0.1, -0.05) is 19.9 Å². The third kappa shape index (κ3) is 4.07. The molecule has 1 N–H and O–H groups in total. The highest BCUT2D eigenvalue weighted by molar-refractivity contribution is 5.97. The molecule has 1 aliphatic heterocycles. The van der Waals surface area contributed by atoms with Crippen molar-refractivity contribution in [2.45, 2.75) is 33.7 Å². The number of hydrogen-bond donors (Lipinski definition) is 1. The zero-order chi connectivity index (χ0) is 18.7. The van der Waals surface area contributed by atoms with E-state index in [9.17, 15) is 9.59 Å². The van der Waals surface area contributed by atoms with E-state index in [1.165, 1.54) is 0 Å². The molecule has 2 heterocycles. The van der Waals surface area contributed by atoms with Crippen LogP contribution in [-0.4, -0.2) is 25.0 Å². The molecule has 1 aliphatic rings. The molecule has 0 aliphatic carbocycles. The summed E-state index contributed by atoms with van der Waals surface area (Å²) in [4.78, 5) is 26.1. The third-order valence-corrected chi connectivity index (χ3v) is 4.26. The number of aryl methyl sites for hydroxylation is 1. The van der Waals surface area contributed by atoms with Gasteiger partial charge in [0.05, 0.1) is 12.2 Å². The molecule has 138 valence electrons. The SMILES string of the molecule is Cc1ccc2c(c1)N(Cc1ccc(C(=O)NCCC(C)C)o1)C(=O)CO2. The highest BCUT2D eigenvalue weighted by Crippen LogP contribution is 2.34. The van der Waals surface area contributed by atoms with Crippen molar-refractivity contribution >= 4 is 17.5 Å². The van der Waals surface area contributed by atoms with Gasteiger partial charge in [0.2, 0.25) is 0 Å². The maximum absolute atomic E-state index is 12.3. The van der Waals surface area contributed by atoms with E-state index < -0.39 is 0 Å². The Morgan fingerprint density at radius 3 is 2.85 bits per heavy atom. The molecule has 2 amide bonds. The minimum Gasteiger partial charge on any atom is -0.482 e. The Bertz CT molecular complexity index is 810. The van der Waals surface area contributed by atoms with E-state index in [2.05, 4.69) is 19.2 Å². The first-order valence-corrected chi connectivity index (χ1v) is 8.85. The van der Waals surface area contributed by atoms with Gasteiger partial charge in [-0.3, -0.25) is 14.5 Å². The molecular weight excluding hydrogens is 332 g/mol. The molecule has 0 fully saturated rings. The van der Waals surface area contributed by atoms with Crippen LogP contribution in [-0.2, 0) is 11.3 Å². The summed E-state index contributed by atoms with van der Waals surface area (Å²) in [5, 5.41) is 2.85. The Morgan fingerprint density at radius 2 is 2.08 bits per heavy atom. The molecule has 0 saturated carbocycles. The largest absolute Gasteiger partial charge is 0.482 e. The molecular formula is C20H24N2O4. The Kier molecular flexibility index (Phi) is 5.30. The number of hydrogen-bond acceptors (Lipinski definition) is 4. The molecule has 0 unspecified atom stereocenters. The number of nitrogens with zero attached hydrogens (tertiary/aromatic N) is 1. The monoisotopic (exact) mass is 356 g/mol. The number of amides is 2. The van der Waals surface area contributed by atoms with Gasteiger partial charge < -0.3 is 14.5 Å². The summed E-state index contributed by atoms with van der Waals surface area (Å²) < 4.78 is 11.1. The lowest BCUT2D eigenvalue weighted by Gasteiger charge is -2.29. The number of furan rings is 1. The number of nitrogens with one attached hydrogen (secondary N) is 1. The second-order valence-corrected chi connectivity index (χ2v) is 6.94. The smallest absolute Gasteiger partial charge is 0.286 e. The maximum atomic E-state index is 12.3. The number of rotatable bonds is 6. The Hall–Kier alpha value is -2.76. The van der Waals surface area contributed by atoms with Gasteiger partial charge in [0, 0.05) is 6.54 Å². The standard InChI is InChI=1S/C20H24N2O4/c1-13(2)8-9-21-20(24)18-7-5-15(26-18)11-22-16-10-14(3)4-6-17(16)25-12-19(22)23/h4-7,10,13H,8-9,11-12H2,1-3H3,(H,21,24). The van der Waals surface area contributed by atoms with Crippen LogP contribution in [0.2, 0.25) is 0 Å². The zero-order valence-electron chi connectivity index (χ0n) is 15.4. The van der Waals surface area contributed by atoms with E-state index in [4.69, 9.17) is 9.15 Å². The lowest BCUT2D eigenvalue weighted by molar-refractivity contribution is -0.121. The molecule has 0 radical (unpaired) electrons. The van der Waals surface area contributed by atoms with Crippen LogP contribution in [0.4, 0.5) is 5.69 Å². The second kappa shape index (κ2) is 7.64. The first kappa shape index (κ1) is 18.0. The average Bonchev–Trinajstić information content (AvgIpc) is 3.06. The fourth-order valence-corrected chi connectivity index (χ4v) is 2.79. The normalized spacial score (nSPS) is 13.5. The van der Waals surface area contributed by atoms with E-state index in [1.54, 1.807) is 17.0 Å². The van der Waals surface area contributed by atoms with E-state index in [0.717, 1.165) is 17.7 Å². The van der Waals surface area contributed by atoms with Crippen molar-refractivity contribution in [2.75, 3.05) is 18.1 Å². The van der Waals surface area contributed by atoms with E-state index in [1.807, 2.05) is 25.1 Å². The molecule has 3 rings (SSSR count). The fourth-order valence-electron chi connectivity index (χ4n) is 2.79. The van der Waals surface area contributed by atoms with Crippen molar-refractivity contribution in [2.24, 2.45) is 5.92 Å². The molecule has 0 bridgehead atoms. The summed E-state index contributed by atoms with van der Waals surface area (Å²) in [5.41, 5.74) is 1.76. The molecule has 1 aromatic carbocycles. The molecule has 0 spiro atoms. The number of fused-ring (bicyclic) bond motifs is 1. The number of carbonyl (C=O) groups excluding carboxylic acids is 2. The molecule has 26 heavy (non-hydrogen) atoms. The number of ether oxygens (including phenoxy) is 1. The highest BCUT2D eigenvalue weighted by atomic mass is 16.5. The van der Waals surface area contributed by atoms with Gasteiger partial charge in [-0.2, -0.15) is 0 Å². The fraction of sp³-hybridized carbons (Fsp3) is 0.400. The zero-order valence-corrected chi connectivity index (χ0v) is 15.4. The molecule has 6 heteroatoms. The van der Waals surface area contributed by atoms with E-state index in [-0.39, 0.29) is 30.7 Å². The van der Waals surface area contributed by atoms with Crippen LogP contribution in [0.1, 0.15) is 42.1 Å². The first-order valence-electron chi connectivity index (χ1n) is 8.85. The van der Waals surface area contributed by atoms with Crippen molar-refractivity contribution in [3.8, 4) is 5.75 Å². The van der Waals surface area contributed by atoms with Crippen molar-refractivity contribution in [1.29, 1.82) is 0 Å². The summed E-state index contributed by atoms with van der Waals surface area (Å²) >= 11 is 0. The molecule has 6 nitrogen and oxygen atoms in total. The van der Waals surface area contributed by atoms with E-state index >= 15 is 0 Å². The first-order chi connectivity index (χ1) is 12.4. The van der Waals surface area contributed by atoms with Crippen molar-refractivity contribution in [3.05, 3.63) is 47.4 Å². The quantitative estimate of drug-likeness (QED) is 0.862. The van der Waals surface area contributed by atoms with Crippen molar-refractivity contribution in [3.63, 3.8) is 0 Å². The lowest BCUT2D eigenvalue weighted by Crippen LogP contribution is -2.38. The van der Waals surface area contributed by atoms with Gasteiger partial charge in [-0.05, 0) is 49.1 Å². The summed E-state index contributed by atoms with van der Waals surface area (Å²) in [5.74, 6) is 1.64. The predicted octanol–water partition coefficient (Wildman–Crippen LogP) is 3.29. The van der Waals surface area contributed by atoms with Gasteiger partial charge >= 0.3 is 0 Å². The summed E-state index contributed by atoms with van der Waals surface area (Å²) in [6, 6.07) is 9.09. The van der Waals surface area contributed by atoms with Crippen LogP contribution in [0.25, 0.3) is 0 Å². The molecule has 0 atom stereocenters. The van der Waals surface area contributed by atoms with Crippen molar-refractivity contribution in [1.82, 2.24) is 5.32 Å². The minimum absolute atomic E-state index is 0.000680. The van der Waals surface area contributed by atoms with Gasteiger partial charge in [-0.15, -0.1) is 0 Å². The highest BCUT2D eigenvalue weighted by Gasteiger charge is 2.26. The Morgan fingerprint density at radius 1 is 1.27 bits per heavy atom. The molecule has 2 aromatic rings. The number of anilines is 1. The van der Waals surface area contributed by atoms with Crippen LogP contribution < -0.4 is 15.0 Å². The van der Waals surface area contributed by atoms with E-state index in [0.29, 0.717) is 24.0 Å². The summed E-state index contributed by atoms with van der Waals surface area (Å²) in [6.07, 6.45) is 0.914. The minimum atomic E-state index is -0.235. The lowest BCUT2D eigenvalue weighted by atomic mass is 10.1. The van der Waals surface area contributed by atoms with Crippen LogP contribution >= 0.6 is 0 Å². The van der Waals surface area contributed by atoms with Gasteiger partial charge in [0.25, 0.3) is 11.8 Å². The maximum Gasteiger partial charge on any atom is 0.286 e. The third-order valence-electron chi connectivity index (χ3n) is 4.26. The van der Waals surface area contributed by atoms with Crippen LogP contribution in [0.15, 0.2) is 34.7 Å². The van der Waals surface area contributed by atoms with Gasteiger partial charge in [0.15, 0.2) is 12.4 Å². The summed E-state index contributed by atoms with van der Waals surface area (Å²) in [6.45, 7) is 7.05.